The molecule has 0 fully saturated rings. The first-order valence-corrected chi connectivity index (χ1v) is 10.7. The van der Waals surface area contributed by atoms with E-state index in [2.05, 4.69) is 5.32 Å². The second kappa shape index (κ2) is 9.73. The Hall–Kier alpha value is -3.87. The molecule has 1 aliphatic rings. The SMILES string of the molecule is COc1ccc(C(=O)Nc2ccc3c(c2)CN(CCc2ccc(F)cc2)C(=O)[C@H](C)O3)cc1. The lowest BCUT2D eigenvalue weighted by Crippen LogP contribution is -2.39. The van der Waals surface area contributed by atoms with E-state index < -0.39 is 6.10 Å². The summed E-state index contributed by atoms with van der Waals surface area (Å²) in [5.74, 6) is 0.641. The normalized spacial score (nSPS) is 15.3. The lowest BCUT2D eigenvalue weighted by atomic mass is 10.1. The number of halogens is 1. The van der Waals surface area contributed by atoms with Gasteiger partial charge in [0.25, 0.3) is 11.8 Å². The monoisotopic (exact) mass is 448 g/mol. The van der Waals surface area contributed by atoms with Gasteiger partial charge in [0.2, 0.25) is 0 Å². The average molecular weight is 448 g/mol. The number of hydrogen-bond donors (Lipinski definition) is 1. The molecule has 0 saturated carbocycles. The van der Waals surface area contributed by atoms with Gasteiger partial charge < -0.3 is 19.7 Å². The van der Waals surface area contributed by atoms with Crippen LogP contribution in [0.4, 0.5) is 10.1 Å². The Morgan fingerprint density at radius 1 is 1.12 bits per heavy atom. The first-order valence-electron chi connectivity index (χ1n) is 10.7. The highest BCUT2D eigenvalue weighted by atomic mass is 19.1. The molecule has 6 nitrogen and oxygen atoms in total. The molecule has 1 aliphatic heterocycles. The van der Waals surface area contributed by atoms with Crippen LogP contribution in [-0.2, 0) is 17.8 Å². The van der Waals surface area contributed by atoms with E-state index in [0.29, 0.717) is 42.3 Å². The fourth-order valence-electron chi connectivity index (χ4n) is 3.73. The zero-order valence-electron chi connectivity index (χ0n) is 18.5. The van der Waals surface area contributed by atoms with E-state index in [4.69, 9.17) is 9.47 Å². The summed E-state index contributed by atoms with van der Waals surface area (Å²) in [4.78, 5) is 27.2. The summed E-state index contributed by atoms with van der Waals surface area (Å²) in [6, 6.07) is 18.5. The minimum Gasteiger partial charge on any atom is -0.497 e. The highest BCUT2D eigenvalue weighted by Gasteiger charge is 2.28. The van der Waals surface area contributed by atoms with Gasteiger partial charge >= 0.3 is 0 Å². The van der Waals surface area contributed by atoms with E-state index in [1.807, 2.05) is 6.07 Å². The Morgan fingerprint density at radius 3 is 2.55 bits per heavy atom. The van der Waals surface area contributed by atoms with Crippen molar-refractivity contribution in [1.82, 2.24) is 4.90 Å². The van der Waals surface area contributed by atoms with Gasteiger partial charge in [0, 0.05) is 29.9 Å². The maximum Gasteiger partial charge on any atom is 0.263 e. The third-order valence-electron chi connectivity index (χ3n) is 5.58. The van der Waals surface area contributed by atoms with E-state index in [1.165, 1.54) is 12.1 Å². The first kappa shape index (κ1) is 22.3. The van der Waals surface area contributed by atoms with Crippen LogP contribution in [-0.4, -0.2) is 36.5 Å². The molecule has 170 valence electrons. The van der Waals surface area contributed by atoms with E-state index in [1.54, 1.807) is 67.5 Å². The third-order valence-corrected chi connectivity index (χ3v) is 5.58. The second-order valence-corrected chi connectivity index (χ2v) is 7.90. The molecular weight excluding hydrogens is 423 g/mol. The summed E-state index contributed by atoms with van der Waals surface area (Å²) < 4.78 is 24.2. The zero-order chi connectivity index (χ0) is 23.4. The number of carbonyl (C=O) groups excluding carboxylic acids is 2. The smallest absolute Gasteiger partial charge is 0.263 e. The van der Waals surface area contributed by atoms with Crippen LogP contribution in [0.2, 0.25) is 0 Å². The topological polar surface area (TPSA) is 67.9 Å². The van der Waals surface area contributed by atoms with Crippen LogP contribution in [0.5, 0.6) is 11.5 Å². The van der Waals surface area contributed by atoms with E-state index in [0.717, 1.165) is 11.1 Å². The molecule has 0 bridgehead atoms. The lowest BCUT2D eigenvalue weighted by Gasteiger charge is -2.22. The van der Waals surface area contributed by atoms with E-state index in [-0.39, 0.29) is 17.6 Å². The summed E-state index contributed by atoms with van der Waals surface area (Å²) >= 11 is 0. The van der Waals surface area contributed by atoms with E-state index >= 15 is 0 Å². The Bertz CT molecular complexity index is 1150. The zero-order valence-corrected chi connectivity index (χ0v) is 18.5. The number of carbonyl (C=O) groups is 2. The molecule has 4 rings (SSSR count). The molecule has 1 heterocycles. The third kappa shape index (κ3) is 5.31. The highest BCUT2D eigenvalue weighted by Crippen LogP contribution is 2.29. The Labute approximate surface area is 191 Å². The van der Waals surface area contributed by atoms with Gasteiger partial charge in [-0.25, -0.2) is 4.39 Å². The number of nitrogens with one attached hydrogen (secondary N) is 1. The quantitative estimate of drug-likeness (QED) is 0.606. The largest absolute Gasteiger partial charge is 0.497 e. The van der Waals surface area contributed by atoms with Crippen LogP contribution in [0, 0.1) is 5.82 Å². The van der Waals surface area contributed by atoms with Crippen molar-refractivity contribution in [3.8, 4) is 11.5 Å². The number of benzene rings is 3. The molecule has 3 aromatic carbocycles. The fourth-order valence-corrected chi connectivity index (χ4v) is 3.73. The van der Waals surface area contributed by atoms with Gasteiger partial charge in [-0.15, -0.1) is 0 Å². The maximum atomic E-state index is 13.2. The molecule has 0 aromatic heterocycles. The summed E-state index contributed by atoms with van der Waals surface area (Å²) in [7, 11) is 1.57. The van der Waals surface area contributed by atoms with Gasteiger partial charge in [-0.05, 0) is 73.5 Å². The van der Waals surface area contributed by atoms with E-state index in [9.17, 15) is 14.0 Å². The number of anilines is 1. The number of hydrogen-bond acceptors (Lipinski definition) is 4. The van der Waals surface area contributed by atoms with Gasteiger partial charge in [0.1, 0.15) is 17.3 Å². The molecule has 0 spiro atoms. The minimum absolute atomic E-state index is 0.114. The maximum absolute atomic E-state index is 13.2. The van der Waals surface area contributed by atoms with Crippen molar-refractivity contribution in [3.63, 3.8) is 0 Å². The van der Waals surface area contributed by atoms with Crippen molar-refractivity contribution in [2.45, 2.75) is 26.0 Å². The second-order valence-electron chi connectivity index (χ2n) is 7.90. The number of methoxy groups -OCH3 is 1. The van der Waals surface area contributed by atoms with Gasteiger partial charge in [-0.1, -0.05) is 12.1 Å². The molecule has 7 heteroatoms. The summed E-state index contributed by atoms with van der Waals surface area (Å²) in [6.45, 7) is 2.55. The van der Waals surface area contributed by atoms with Crippen molar-refractivity contribution in [1.29, 1.82) is 0 Å². The molecule has 33 heavy (non-hydrogen) atoms. The van der Waals surface area contributed by atoms with Crippen LogP contribution in [0.3, 0.4) is 0 Å². The van der Waals surface area contributed by atoms with Crippen molar-refractivity contribution >= 4 is 17.5 Å². The van der Waals surface area contributed by atoms with Crippen LogP contribution in [0.25, 0.3) is 0 Å². The predicted octanol–water partition coefficient (Wildman–Crippen LogP) is 4.44. The molecular formula is C26H25FN2O4. The number of amides is 2. The molecule has 0 aliphatic carbocycles. The number of nitrogens with zero attached hydrogens (tertiary/aromatic N) is 1. The van der Waals surface area contributed by atoms with Gasteiger partial charge in [0.05, 0.1) is 7.11 Å². The molecule has 3 aromatic rings. The summed E-state index contributed by atoms with van der Waals surface area (Å²) in [5, 5.41) is 2.89. The van der Waals surface area contributed by atoms with Crippen molar-refractivity contribution in [3.05, 3.63) is 89.2 Å². The van der Waals surface area contributed by atoms with Gasteiger partial charge in [-0.2, -0.15) is 0 Å². The molecule has 0 unspecified atom stereocenters. The van der Waals surface area contributed by atoms with Gasteiger partial charge in [0.15, 0.2) is 6.10 Å². The number of rotatable bonds is 6. The molecule has 0 radical (unpaired) electrons. The number of ether oxygens (including phenoxy) is 2. The van der Waals surface area contributed by atoms with Crippen LogP contribution >= 0.6 is 0 Å². The number of fused-ring (bicyclic) bond motifs is 1. The van der Waals surface area contributed by atoms with Crippen molar-refractivity contribution < 1.29 is 23.5 Å². The Kier molecular flexibility index (Phi) is 6.58. The predicted molar refractivity (Wildman–Crippen MR) is 123 cm³/mol. The molecule has 1 atom stereocenters. The average Bonchev–Trinajstić information content (AvgIpc) is 2.94. The Balaban J connectivity index is 1.49. The first-order chi connectivity index (χ1) is 15.9. The van der Waals surface area contributed by atoms with Gasteiger partial charge in [-0.3, -0.25) is 9.59 Å². The highest BCUT2D eigenvalue weighted by molar-refractivity contribution is 6.04. The molecule has 1 N–H and O–H groups in total. The molecule has 0 saturated heterocycles. The molecule has 2 amide bonds. The summed E-state index contributed by atoms with van der Waals surface area (Å²) in [6.07, 6.45) is -0.0266. The van der Waals surface area contributed by atoms with Crippen molar-refractivity contribution in [2.24, 2.45) is 0 Å². The van der Waals surface area contributed by atoms with Crippen LogP contribution in [0.15, 0.2) is 66.7 Å². The standard InChI is InChI=1S/C26H25FN2O4/c1-17-26(31)29(14-13-18-3-7-21(27)8-4-18)16-20-15-22(9-12-24(20)33-17)28-25(30)19-5-10-23(32-2)11-6-19/h3-12,15,17H,13-14,16H2,1-2H3,(H,28,30)/t17-/m0/s1. The Morgan fingerprint density at radius 2 is 1.85 bits per heavy atom. The lowest BCUT2D eigenvalue weighted by molar-refractivity contribution is -0.137. The minimum atomic E-state index is -0.626. The summed E-state index contributed by atoms with van der Waals surface area (Å²) in [5.41, 5.74) is 2.87. The van der Waals surface area contributed by atoms with Crippen LogP contribution in [0.1, 0.15) is 28.4 Å². The van der Waals surface area contributed by atoms with Crippen molar-refractivity contribution in [2.75, 3.05) is 19.0 Å². The van der Waals surface area contributed by atoms with Crippen LogP contribution < -0.4 is 14.8 Å². The fraction of sp³-hybridized carbons (Fsp3) is 0.231.